The van der Waals surface area contributed by atoms with Crippen molar-refractivity contribution in [2.24, 2.45) is 0 Å². The summed E-state index contributed by atoms with van der Waals surface area (Å²) in [6, 6.07) is 14.0. The molecule has 0 aliphatic carbocycles. The van der Waals surface area contributed by atoms with Crippen molar-refractivity contribution in [3.8, 4) is 0 Å². The zero-order valence-electron chi connectivity index (χ0n) is 11.0. The molecule has 0 aliphatic heterocycles. The van der Waals surface area contributed by atoms with Crippen molar-refractivity contribution in [1.29, 1.82) is 0 Å². The quantitative estimate of drug-likeness (QED) is 0.650. The lowest BCUT2D eigenvalue weighted by Crippen LogP contribution is -2.31. The molecule has 2 aromatic carbocycles. The maximum absolute atomic E-state index is 12.9. The number of benzene rings is 2. The molecule has 0 radical (unpaired) electrons. The molecule has 0 spiro atoms. The number of hydrogen-bond acceptors (Lipinski definition) is 2. The lowest BCUT2D eigenvalue weighted by molar-refractivity contribution is 0.592. The van der Waals surface area contributed by atoms with Gasteiger partial charge in [-0.3, -0.25) is 4.31 Å². The first-order valence-corrected chi connectivity index (χ1v) is 9.13. The summed E-state index contributed by atoms with van der Waals surface area (Å²) in [4.78, 5) is 0.219. The molecule has 0 aliphatic rings. The minimum atomic E-state index is -3.67. The van der Waals surface area contributed by atoms with Crippen LogP contribution in [0.3, 0.4) is 0 Å². The number of halogens is 2. The van der Waals surface area contributed by atoms with Crippen molar-refractivity contribution in [3.05, 3.63) is 70.1 Å². The van der Waals surface area contributed by atoms with Crippen molar-refractivity contribution >= 4 is 47.6 Å². The smallest absolute Gasteiger partial charge is 0.263 e. The minimum Gasteiger partial charge on any atom is -0.263 e. The molecule has 0 N–H and O–H groups in total. The Balaban J connectivity index is 2.55. The van der Waals surface area contributed by atoms with Gasteiger partial charge in [-0.05, 0) is 46.3 Å². The van der Waals surface area contributed by atoms with E-state index in [-0.39, 0.29) is 11.4 Å². The summed E-state index contributed by atoms with van der Waals surface area (Å²) >= 11 is 6.63. The van der Waals surface area contributed by atoms with Crippen LogP contribution < -0.4 is 4.31 Å². The van der Waals surface area contributed by atoms with E-state index in [2.05, 4.69) is 38.4 Å². The number of hydrogen-bond donors (Lipinski definition) is 0. The second-order valence-corrected chi connectivity index (χ2v) is 7.84. The molecule has 0 amide bonds. The molecule has 0 saturated heterocycles. The van der Waals surface area contributed by atoms with Gasteiger partial charge in [0, 0.05) is 8.95 Å². The van der Waals surface area contributed by atoms with Crippen LogP contribution in [0.15, 0.2) is 75.0 Å². The first-order valence-electron chi connectivity index (χ1n) is 6.10. The number of rotatable bonds is 5. The van der Waals surface area contributed by atoms with Gasteiger partial charge in [0.1, 0.15) is 4.90 Å². The lowest BCUT2D eigenvalue weighted by atomic mass is 10.3. The first kappa shape index (κ1) is 16.3. The summed E-state index contributed by atoms with van der Waals surface area (Å²) in [6.45, 7) is 3.85. The average molecular weight is 431 g/mol. The number of para-hydroxylation sites is 1. The topological polar surface area (TPSA) is 37.4 Å². The second-order valence-electron chi connectivity index (χ2n) is 4.24. The SMILES string of the molecule is C=CCN(c1ccccc1)S(=O)(=O)c1ccc(Br)cc1Br. The van der Waals surface area contributed by atoms with Gasteiger partial charge in [-0.15, -0.1) is 6.58 Å². The van der Waals surface area contributed by atoms with Crippen molar-refractivity contribution < 1.29 is 8.42 Å². The van der Waals surface area contributed by atoms with Gasteiger partial charge in [-0.1, -0.05) is 40.2 Å². The molecule has 6 heteroatoms. The Kier molecular flexibility index (Phi) is 5.24. The van der Waals surface area contributed by atoms with E-state index in [0.29, 0.717) is 10.2 Å². The zero-order chi connectivity index (χ0) is 15.5. The van der Waals surface area contributed by atoms with Crippen LogP contribution in [0.25, 0.3) is 0 Å². The molecule has 0 aromatic heterocycles. The summed E-state index contributed by atoms with van der Waals surface area (Å²) < 4.78 is 28.4. The molecule has 110 valence electrons. The van der Waals surface area contributed by atoms with Crippen LogP contribution >= 0.6 is 31.9 Å². The summed E-state index contributed by atoms with van der Waals surface area (Å²) in [5.41, 5.74) is 0.604. The Morgan fingerprint density at radius 3 is 2.33 bits per heavy atom. The molecular formula is C15H13Br2NO2S. The Morgan fingerprint density at radius 1 is 1.10 bits per heavy atom. The van der Waals surface area contributed by atoms with Gasteiger partial charge in [0.15, 0.2) is 0 Å². The van der Waals surface area contributed by atoms with Crippen LogP contribution in [0.1, 0.15) is 0 Å². The van der Waals surface area contributed by atoms with E-state index in [0.717, 1.165) is 4.47 Å². The van der Waals surface area contributed by atoms with E-state index < -0.39 is 10.0 Å². The van der Waals surface area contributed by atoms with Gasteiger partial charge >= 0.3 is 0 Å². The highest BCUT2D eigenvalue weighted by Gasteiger charge is 2.26. The summed E-state index contributed by atoms with van der Waals surface area (Å²) in [6.07, 6.45) is 1.57. The van der Waals surface area contributed by atoms with Crippen LogP contribution in [-0.2, 0) is 10.0 Å². The Labute approximate surface area is 141 Å². The largest absolute Gasteiger partial charge is 0.265 e. The highest BCUT2D eigenvalue weighted by Crippen LogP contribution is 2.30. The Morgan fingerprint density at radius 2 is 1.76 bits per heavy atom. The van der Waals surface area contributed by atoms with E-state index in [4.69, 9.17) is 0 Å². The molecule has 0 heterocycles. The molecule has 2 rings (SSSR count). The van der Waals surface area contributed by atoms with Crippen molar-refractivity contribution in [2.75, 3.05) is 10.8 Å². The predicted octanol–water partition coefficient (Wildman–Crippen LogP) is 4.59. The van der Waals surface area contributed by atoms with Crippen LogP contribution in [0.2, 0.25) is 0 Å². The zero-order valence-corrected chi connectivity index (χ0v) is 15.0. The normalized spacial score (nSPS) is 11.1. The van der Waals surface area contributed by atoms with Crippen molar-refractivity contribution in [2.45, 2.75) is 4.90 Å². The second kappa shape index (κ2) is 6.77. The highest BCUT2D eigenvalue weighted by atomic mass is 79.9. The molecule has 0 bridgehead atoms. The van der Waals surface area contributed by atoms with Gasteiger partial charge in [0.05, 0.1) is 12.2 Å². The summed E-state index contributed by atoms with van der Waals surface area (Å²) in [5, 5.41) is 0. The third-order valence-electron chi connectivity index (χ3n) is 2.80. The molecule has 2 aromatic rings. The summed E-state index contributed by atoms with van der Waals surface area (Å²) in [5.74, 6) is 0. The van der Waals surface area contributed by atoms with Gasteiger partial charge in [-0.25, -0.2) is 8.42 Å². The fraction of sp³-hybridized carbons (Fsp3) is 0.0667. The maximum atomic E-state index is 12.9. The number of sulfonamides is 1. The molecule has 21 heavy (non-hydrogen) atoms. The van der Waals surface area contributed by atoms with Gasteiger partial charge in [-0.2, -0.15) is 0 Å². The van der Waals surface area contributed by atoms with Crippen LogP contribution in [0, 0.1) is 0 Å². The highest BCUT2D eigenvalue weighted by molar-refractivity contribution is 9.11. The average Bonchev–Trinajstić information content (AvgIpc) is 2.45. The monoisotopic (exact) mass is 429 g/mol. The van der Waals surface area contributed by atoms with Gasteiger partial charge in [0.2, 0.25) is 0 Å². The molecule has 0 saturated carbocycles. The minimum absolute atomic E-state index is 0.203. The van der Waals surface area contributed by atoms with E-state index in [1.807, 2.05) is 6.07 Å². The first-order chi connectivity index (χ1) is 9.96. The fourth-order valence-corrected chi connectivity index (χ4v) is 5.00. The van der Waals surface area contributed by atoms with Gasteiger partial charge in [0.25, 0.3) is 10.0 Å². The molecule has 3 nitrogen and oxygen atoms in total. The lowest BCUT2D eigenvalue weighted by Gasteiger charge is -2.23. The van der Waals surface area contributed by atoms with Crippen LogP contribution in [0.4, 0.5) is 5.69 Å². The molecule has 0 fully saturated rings. The number of anilines is 1. The third-order valence-corrected chi connectivity index (χ3v) is 6.06. The Hall–Kier alpha value is -1.11. The number of nitrogens with zero attached hydrogens (tertiary/aromatic N) is 1. The predicted molar refractivity (Wildman–Crippen MR) is 93.0 cm³/mol. The molecule has 0 unspecified atom stereocenters. The van der Waals surface area contributed by atoms with E-state index in [9.17, 15) is 8.42 Å². The standard InChI is InChI=1S/C15H13Br2NO2S/c1-2-10-18(13-6-4-3-5-7-13)21(19,20)15-9-8-12(16)11-14(15)17/h2-9,11H,1,10H2. The third kappa shape index (κ3) is 3.56. The molecular weight excluding hydrogens is 418 g/mol. The van der Waals surface area contributed by atoms with E-state index >= 15 is 0 Å². The van der Waals surface area contributed by atoms with E-state index in [1.54, 1.807) is 48.5 Å². The van der Waals surface area contributed by atoms with Crippen LogP contribution in [-0.4, -0.2) is 15.0 Å². The molecule has 0 atom stereocenters. The maximum Gasteiger partial charge on any atom is 0.265 e. The van der Waals surface area contributed by atoms with Gasteiger partial charge < -0.3 is 0 Å². The summed E-state index contributed by atoms with van der Waals surface area (Å²) in [7, 11) is -3.67. The van der Waals surface area contributed by atoms with Crippen molar-refractivity contribution in [1.82, 2.24) is 0 Å². The Bertz CT molecular complexity index is 746. The van der Waals surface area contributed by atoms with Crippen LogP contribution in [0.5, 0.6) is 0 Å². The fourth-order valence-electron chi connectivity index (χ4n) is 1.86. The van der Waals surface area contributed by atoms with E-state index in [1.165, 1.54) is 4.31 Å². The van der Waals surface area contributed by atoms with Crippen molar-refractivity contribution in [3.63, 3.8) is 0 Å².